The number of carbonyl (C=O) groups is 1. The molecule has 0 atom stereocenters. The van der Waals surface area contributed by atoms with E-state index < -0.39 is 0 Å². The van der Waals surface area contributed by atoms with E-state index in [2.05, 4.69) is 0 Å². The minimum atomic E-state index is 0.0237. The Bertz CT molecular complexity index is 400. The van der Waals surface area contributed by atoms with Crippen LogP contribution in [-0.2, 0) is 0 Å². The number of carbonyl (C=O) groups excluding carboxylic acids is 1. The largest absolute Gasteiger partial charge is 0.508 e. The highest BCUT2D eigenvalue weighted by molar-refractivity contribution is 7.99. The van der Waals surface area contributed by atoms with E-state index in [4.69, 9.17) is 0 Å². The summed E-state index contributed by atoms with van der Waals surface area (Å²) in [6, 6.07) is 5.11. The normalized spacial score (nSPS) is 16.2. The maximum Gasteiger partial charge on any atom is 0.254 e. The first kappa shape index (κ1) is 11.3. The van der Waals surface area contributed by atoms with Gasteiger partial charge in [0.2, 0.25) is 0 Å². The number of hydrogen-bond donors (Lipinski definition) is 1. The Morgan fingerprint density at radius 2 is 2.06 bits per heavy atom. The molecule has 0 aliphatic carbocycles. The summed E-state index contributed by atoms with van der Waals surface area (Å²) in [5.74, 6) is 2.22. The average molecular weight is 237 g/mol. The molecule has 1 aliphatic heterocycles. The highest BCUT2D eigenvalue weighted by Crippen LogP contribution is 2.19. The molecular formula is C12H15NO2S. The van der Waals surface area contributed by atoms with Crippen LogP contribution in [0.4, 0.5) is 0 Å². The van der Waals surface area contributed by atoms with Gasteiger partial charge in [-0.25, -0.2) is 0 Å². The van der Waals surface area contributed by atoms with E-state index in [0.717, 1.165) is 30.2 Å². The molecule has 0 bridgehead atoms. The van der Waals surface area contributed by atoms with Crippen molar-refractivity contribution in [1.82, 2.24) is 4.90 Å². The van der Waals surface area contributed by atoms with Crippen molar-refractivity contribution >= 4 is 17.7 Å². The third-order valence-corrected chi connectivity index (χ3v) is 3.70. The maximum absolute atomic E-state index is 12.1. The molecule has 1 amide bonds. The van der Waals surface area contributed by atoms with Crippen LogP contribution in [0, 0.1) is 6.92 Å². The molecular weight excluding hydrogens is 222 g/mol. The fourth-order valence-electron chi connectivity index (χ4n) is 1.69. The van der Waals surface area contributed by atoms with Crippen molar-refractivity contribution in [3.63, 3.8) is 0 Å². The second-order valence-corrected chi connectivity index (χ2v) is 5.13. The van der Waals surface area contributed by atoms with Crippen molar-refractivity contribution in [2.75, 3.05) is 24.6 Å². The van der Waals surface area contributed by atoms with Gasteiger partial charge in [0, 0.05) is 30.2 Å². The second-order valence-electron chi connectivity index (χ2n) is 3.91. The third-order valence-electron chi connectivity index (χ3n) is 2.75. The van der Waals surface area contributed by atoms with E-state index in [1.807, 2.05) is 23.6 Å². The topological polar surface area (TPSA) is 40.5 Å². The summed E-state index contributed by atoms with van der Waals surface area (Å²) < 4.78 is 0. The van der Waals surface area contributed by atoms with Gasteiger partial charge in [0.25, 0.3) is 5.91 Å². The van der Waals surface area contributed by atoms with Gasteiger partial charge in [-0.15, -0.1) is 0 Å². The number of nitrogens with zero attached hydrogens (tertiary/aromatic N) is 1. The van der Waals surface area contributed by atoms with Crippen LogP contribution in [0.25, 0.3) is 0 Å². The Morgan fingerprint density at radius 3 is 2.69 bits per heavy atom. The quantitative estimate of drug-likeness (QED) is 0.811. The van der Waals surface area contributed by atoms with Crippen LogP contribution in [0.5, 0.6) is 5.75 Å². The molecule has 2 rings (SSSR count). The highest BCUT2D eigenvalue weighted by atomic mass is 32.2. The number of hydrogen-bond acceptors (Lipinski definition) is 3. The molecule has 1 heterocycles. The fourth-order valence-corrected chi connectivity index (χ4v) is 2.59. The molecule has 1 aromatic carbocycles. The van der Waals surface area contributed by atoms with E-state index >= 15 is 0 Å². The second kappa shape index (κ2) is 4.78. The smallest absolute Gasteiger partial charge is 0.254 e. The average Bonchev–Trinajstić information content (AvgIpc) is 2.33. The van der Waals surface area contributed by atoms with Crippen LogP contribution < -0.4 is 0 Å². The van der Waals surface area contributed by atoms with Crippen molar-refractivity contribution < 1.29 is 9.90 Å². The molecule has 1 aromatic rings. The van der Waals surface area contributed by atoms with Crippen LogP contribution >= 0.6 is 11.8 Å². The first-order chi connectivity index (χ1) is 7.68. The minimum absolute atomic E-state index is 0.0237. The third kappa shape index (κ3) is 2.32. The van der Waals surface area contributed by atoms with Gasteiger partial charge in [-0.05, 0) is 24.6 Å². The number of phenols is 1. The predicted molar refractivity (Wildman–Crippen MR) is 66.1 cm³/mol. The summed E-state index contributed by atoms with van der Waals surface area (Å²) in [4.78, 5) is 13.9. The van der Waals surface area contributed by atoms with Gasteiger partial charge in [-0.1, -0.05) is 6.07 Å². The Kier molecular flexibility index (Phi) is 3.39. The fraction of sp³-hybridized carbons (Fsp3) is 0.417. The number of thioether (sulfide) groups is 1. The first-order valence-corrected chi connectivity index (χ1v) is 6.50. The highest BCUT2D eigenvalue weighted by Gasteiger charge is 2.18. The number of rotatable bonds is 1. The van der Waals surface area contributed by atoms with Crippen molar-refractivity contribution in [3.05, 3.63) is 29.3 Å². The molecule has 3 nitrogen and oxygen atoms in total. The lowest BCUT2D eigenvalue weighted by molar-refractivity contribution is 0.0772. The molecule has 0 aromatic heterocycles. The van der Waals surface area contributed by atoms with Gasteiger partial charge in [0.1, 0.15) is 5.75 Å². The van der Waals surface area contributed by atoms with Gasteiger partial charge >= 0.3 is 0 Å². The van der Waals surface area contributed by atoms with Crippen molar-refractivity contribution in [2.24, 2.45) is 0 Å². The predicted octanol–water partition coefficient (Wildman–Crippen LogP) is 1.89. The molecule has 1 saturated heterocycles. The van der Waals surface area contributed by atoms with Crippen molar-refractivity contribution in [2.45, 2.75) is 6.92 Å². The summed E-state index contributed by atoms with van der Waals surface area (Å²) in [7, 11) is 0. The number of aromatic hydroxyl groups is 1. The molecule has 0 unspecified atom stereocenters. The van der Waals surface area contributed by atoms with E-state index in [9.17, 15) is 9.90 Å². The number of phenolic OH excluding ortho intramolecular Hbond substituents is 1. The van der Waals surface area contributed by atoms with E-state index in [-0.39, 0.29) is 11.7 Å². The molecule has 86 valence electrons. The lowest BCUT2D eigenvalue weighted by Crippen LogP contribution is -2.37. The SMILES string of the molecule is Cc1ccc(C(=O)N2CCSCC2)cc1O. The monoisotopic (exact) mass is 237 g/mol. The lowest BCUT2D eigenvalue weighted by Gasteiger charge is -2.26. The summed E-state index contributed by atoms with van der Waals surface area (Å²) in [5, 5.41) is 9.57. The Morgan fingerprint density at radius 1 is 1.38 bits per heavy atom. The van der Waals surface area contributed by atoms with Gasteiger partial charge in [0.15, 0.2) is 0 Å². The zero-order valence-corrected chi connectivity index (χ0v) is 10.1. The number of benzene rings is 1. The number of amides is 1. The van der Waals surface area contributed by atoms with Gasteiger partial charge in [-0.3, -0.25) is 4.79 Å². The molecule has 1 N–H and O–H groups in total. The van der Waals surface area contributed by atoms with Crippen LogP contribution in [0.3, 0.4) is 0 Å². The van der Waals surface area contributed by atoms with Crippen LogP contribution in [-0.4, -0.2) is 40.5 Å². The standard InChI is InChI=1S/C12H15NO2S/c1-9-2-3-10(8-11(9)14)12(15)13-4-6-16-7-5-13/h2-3,8,14H,4-7H2,1H3. The zero-order valence-electron chi connectivity index (χ0n) is 9.27. The Balaban J connectivity index is 2.16. The lowest BCUT2D eigenvalue weighted by atomic mass is 10.1. The molecule has 0 radical (unpaired) electrons. The van der Waals surface area contributed by atoms with E-state index in [0.29, 0.717) is 5.56 Å². The van der Waals surface area contributed by atoms with Gasteiger partial charge in [0.05, 0.1) is 0 Å². The molecule has 0 spiro atoms. The molecule has 1 fully saturated rings. The molecule has 4 heteroatoms. The Hall–Kier alpha value is -1.16. The summed E-state index contributed by atoms with van der Waals surface area (Å²) >= 11 is 1.87. The van der Waals surface area contributed by atoms with Gasteiger partial charge < -0.3 is 10.0 Å². The van der Waals surface area contributed by atoms with Crippen LogP contribution in [0.1, 0.15) is 15.9 Å². The first-order valence-electron chi connectivity index (χ1n) is 5.35. The van der Waals surface area contributed by atoms with Crippen LogP contribution in [0.15, 0.2) is 18.2 Å². The Labute approximate surface area is 99.5 Å². The molecule has 0 saturated carbocycles. The minimum Gasteiger partial charge on any atom is -0.508 e. The van der Waals surface area contributed by atoms with E-state index in [1.165, 1.54) is 0 Å². The maximum atomic E-state index is 12.1. The number of aryl methyl sites for hydroxylation is 1. The van der Waals surface area contributed by atoms with E-state index in [1.54, 1.807) is 18.2 Å². The summed E-state index contributed by atoms with van der Waals surface area (Å²) in [6.07, 6.45) is 0. The van der Waals surface area contributed by atoms with Gasteiger partial charge in [-0.2, -0.15) is 11.8 Å². The summed E-state index contributed by atoms with van der Waals surface area (Å²) in [6.45, 7) is 3.43. The zero-order chi connectivity index (χ0) is 11.5. The van der Waals surface area contributed by atoms with Crippen molar-refractivity contribution in [1.29, 1.82) is 0 Å². The molecule has 16 heavy (non-hydrogen) atoms. The summed E-state index contributed by atoms with van der Waals surface area (Å²) in [5.41, 5.74) is 1.38. The van der Waals surface area contributed by atoms with Crippen LogP contribution in [0.2, 0.25) is 0 Å². The van der Waals surface area contributed by atoms with Crippen molar-refractivity contribution in [3.8, 4) is 5.75 Å². The molecule has 1 aliphatic rings.